The predicted octanol–water partition coefficient (Wildman–Crippen LogP) is 3.60. The van der Waals surface area contributed by atoms with Crippen LogP contribution in [-0.2, 0) is 0 Å². The summed E-state index contributed by atoms with van der Waals surface area (Å²) in [5.41, 5.74) is 1.59. The molecular weight excluding hydrogens is 342 g/mol. The average molecular weight is 365 g/mol. The summed E-state index contributed by atoms with van der Waals surface area (Å²) in [6, 6.07) is 9.99. The summed E-state index contributed by atoms with van der Waals surface area (Å²) < 4.78 is 0. The lowest BCUT2D eigenvalue weighted by molar-refractivity contribution is 0.0927. The summed E-state index contributed by atoms with van der Waals surface area (Å²) >= 11 is 0. The number of carbonyl (C=O) groups is 3. The molecule has 1 aromatic carbocycles. The van der Waals surface area contributed by atoms with Crippen LogP contribution in [0.2, 0.25) is 0 Å². The largest absolute Gasteiger partial charge is 0.349 e. The monoisotopic (exact) mass is 365 g/mol. The van der Waals surface area contributed by atoms with E-state index in [0.717, 1.165) is 25.7 Å². The fourth-order valence-corrected chi connectivity index (χ4v) is 3.22. The number of Topliss-reactive ketones (excluding diaryl/α,β-unsaturated/α-hetero) is 1. The Morgan fingerprint density at radius 2 is 1.74 bits per heavy atom. The third kappa shape index (κ3) is 5.00. The van der Waals surface area contributed by atoms with Crippen LogP contribution >= 0.6 is 0 Å². The van der Waals surface area contributed by atoms with Gasteiger partial charge in [-0.3, -0.25) is 19.4 Å². The van der Waals surface area contributed by atoms with Gasteiger partial charge in [0.05, 0.1) is 0 Å². The Kier molecular flexibility index (Phi) is 5.96. The fraction of sp³-hybridized carbons (Fsp3) is 0.333. The molecule has 6 heteroatoms. The van der Waals surface area contributed by atoms with E-state index in [4.69, 9.17) is 0 Å². The number of aromatic nitrogens is 1. The Morgan fingerprint density at radius 3 is 2.48 bits per heavy atom. The molecule has 2 N–H and O–H groups in total. The lowest BCUT2D eigenvalue weighted by atomic mass is 9.95. The minimum Gasteiger partial charge on any atom is -0.349 e. The van der Waals surface area contributed by atoms with E-state index in [2.05, 4.69) is 15.6 Å². The molecule has 1 heterocycles. The third-order valence-corrected chi connectivity index (χ3v) is 4.72. The molecular formula is C21H23N3O3. The highest BCUT2D eigenvalue weighted by Gasteiger charge is 2.18. The maximum absolute atomic E-state index is 12.5. The van der Waals surface area contributed by atoms with Crippen molar-refractivity contribution in [3.8, 4) is 0 Å². The summed E-state index contributed by atoms with van der Waals surface area (Å²) in [6.45, 7) is 1.47. The van der Waals surface area contributed by atoms with Crippen molar-refractivity contribution in [1.82, 2.24) is 10.3 Å². The quantitative estimate of drug-likeness (QED) is 0.793. The van der Waals surface area contributed by atoms with E-state index in [-0.39, 0.29) is 23.4 Å². The van der Waals surface area contributed by atoms with E-state index in [0.29, 0.717) is 16.8 Å². The smallest absolute Gasteiger partial charge is 0.274 e. The molecule has 2 amide bonds. The minimum absolute atomic E-state index is 0.0781. The minimum atomic E-state index is -0.428. The standard InChI is InChI=1S/C21H23N3O3/c1-14(25)15-6-5-9-18(12-15)24-21(27)19-13-16(10-11-22-19)20(26)23-17-7-3-2-4-8-17/h5-6,9-13,17H,2-4,7-8H2,1H3,(H,23,26)(H,24,27). The summed E-state index contributed by atoms with van der Waals surface area (Å²) in [5.74, 6) is -0.689. The van der Waals surface area contributed by atoms with Gasteiger partial charge >= 0.3 is 0 Å². The van der Waals surface area contributed by atoms with Crippen molar-refractivity contribution in [2.24, 2.45) is 0 Å². The molecule has 0 aliphatic heterocycles. The van der Waals surface area contributed by atoms with Crippen molar-refractivity contribution >= 4 is 23.3 Å². The van der Waals surface area contributed by atoms with Crippen LogP contribution in [-0.4, -0.2) is 28.6 Å². The molecule has 1 aliphatic carbocycles. The van der Waals surface area contributed by atoms with Crippen molar-refractivity contribution in [3.05, 3.63) is 59.4 Å². The first-order valence-electron chi connectivity index (χ1n) is 9.22. The number of nitrogens with zero attached hydrogens (tertiary/aromatic N) is 1. The number of nitrogens with one attached hydrogen (secondary N) is 2. The zero-order valence-corrected chi connectivity index (χ0v) is 15.3. The zero-order valence-electron chi connectivity index (χ0n) is 15.3. The van der Waals surface area contributed by atoms with E-state index >= 15 is 0 Å². The van der Waals surface area contributed by atoms with Gasteiger partial charge in [0, 0.05) is 29.1 Å². The second-order valence-corrected chi connectivity index (χ2v) is 6.83. The van der Waals surface area contributed by atoms with Crippen LogP contribution in [0.5, 0.6) is 0 Å². The molecule has 0 bridgehead atoms. The molecule has 1 saturated carbocycles. The molecule has 1 fully saturated rings. The maximum atomic E-state index is 12.5. The molecule has 1 aliphatic rings. The van der Waals surface area contributed by atoms with Gasteiger partial charge in [-0.2, -0.15) is 0 Å². The molecule has 1 aromatic heterocycles. The summed E-state index contributed by atoms with van der Waals surface area (Å²) in [7, 11) is 0. The molecule has 3 rings (SSSR count). The van der Waals surface area contributed by atoms with E-state index < -0.39 is 5.91 Å². The number of hydrogen-bond acceptors (Lipinski definition) is 4. The molecule has 0 saturated heterocycles. The second-order valence-electron chi connectivity index (χ2n) is 6.83. The van der Waals surface area contributed by atoms with Crippen LogP contribution in [0.25, 0.3) is 0 Å². The number of rotatable bonds is 5. The van der Waals surface area contributed by atoms with E-state index in [9.17, 15) is 14.4 Å². The average Bonchev–Trinajstić information content (AvgIpc) is 2.69. The highest BCUT2D eigenvalue weighted by Crippen LogP contribution is 2.18. The van der Waals surface area contributed by atoms with Gasteiger partial charge in [0.1, 0.15) is 5.69 Å². The van der Waals surface area contributed by atoms with Crippen LogP contribution in [0.3, 0.4) is 0 Å². The molecule has 0 spiro atoms. The summed E-state index contributed by atoms with van der Waals surface area (Å²) in [6.07, 6.45) is 6.93. The predicted molar refractivity (Wildman–Crippen MR) is 103 cm³/mol. The van der Waals surface area contributed by atoms with Crippen molar-refractivity contribution in [1.29, 1.82) is 0 Å². The van der Waals surface area contributed by atoms with Crippen molar-refractivity contribution < 1.29 is 14.4 Å². The van der Waals surface area contributed by atoms with E-state index in [1.54, 1.807) is 30.3 Å². The fourth-order valence-electron chi connectivity index (χ4n) is 3.22. The van der Waals surface area contributed by atoms with Crippen molar-refractivity contribution in [2.75, 3.05) is 5.32 Å². The van der Waals surface area contributed by atoms with E-state index in [1.807, 2.05) is 0 Å². The first kappa shape index (κ1) is 18.8. The van der Waals surface area contributed by atoms with Gasteiger partial charge in [-0.15, -0.1) is 0 Å². The van der Waals surface area contributed by atoms with Gasteiger partial charge < -0.3 is 10.6 Å². The normalized spacial score (nSPS) is 14.4. The van der Waals surface area contributed by atoms with Crippen LogP contribution in [0.4, 0.5) is 5.69 Å². The zero-order chi connectivity index (χ0) is 19.2. The van der Waals surface area contributed by atoms with Crippen molar-refractivity contribution in [2.45, 2.75) is 45.1 Å². The molecule has 27 heavy (non-hydrogen) atoms. The highest BCUT2D eigenvalue weighted by atomic mass is 16.2. The summed E-state index contributed by atoms with van der Waals surface area (Å²) in [5, 5.41) is 5.75. The van der Waals surface area contributed by atoms with Crippen LogP contribution in [0, 0.1) is 0 Å². The lowest BCUT2D eigenvalue weighted by Gasteiger charge is -2.22. The number of ketones is 1. The van der Waals surface area contributed by atoms with Crippen LogP contribution in [0.15, 0.2) is 42.6 Å². The number of anilines is 1. The first-order chi connectivity index (χ1) is 13.0. The Bertz CT molecular complexity index is 857. The third-order valence-electron chi connectivity index (χ3n) is 4.72. The Hall–Kier alpha value is -3.02. The Balaban J connectivity index is 1.68. The van der Waals surface area contributed by atoms with Gasteiger partial charge in [0.25, 0.3) is 11.8 Å². The van der Waals surface area contributed by atoms with Crippen LogP contribution in [0.1, 0.15) is 70.2 Å². The number of amides is 2. The van der Waals surface area contributed by atoms with Crippen LogP contribution < -0.4 is 10.6 Å². The first-order valence-corrected chi connectivity index (χ1v) is 9.22. The molecule has 2 aromatic rings. The molecule has 0 radical (unpaired) electrons. The highest BCUT2D eigenvalue weighted by molar-refractivity contribution is 6.05. The number of pyridine rings is 1. The van der Waals surface area contributed by atoms with Gasteiger partial charge in [0.15, 0.2) is 5.78 Å². The lowest BCUT2D eigenvalue weighted by Crippen LogP contribution is -2.36. The van der Waals surface area contributed by atoms with E-state index in [1.165, 1.54) is 25.6 Å². The number of carbonyl (C=O) groups excluding carboxylic acids is 3. The SMILES string of the molecule is CC(=O)c1cccc(NC(=O)c2cc(C(=O)NC3CCCCC3)ccn2)c1. The Morgan fingerprint density at radius 1 is 0.963 bits per heavy atom. The molecule has 0 unspecified atom stereocenters. The van der Waals surface area contributed by atoms with Gasteiger partial charge in [0.2, 0.25) is 0 Å². The second kappa shape index (κ2) is 8.58. The number of hydrogen-bond donors (Lipinski definition) is 2. The van der Waals surface area contributed by atoms with Crippen molar-refractivity contribution in [3.63, 3.8) is 0 Å². The van der Waals surface area contributed by atoms with Gasteiger partial charge in [-0.05, 0) is 44.0 Å². The topological polar surface area (TPSA) is 88.2 Å². The summed E-state index contributed by atoms with van der Waals surface area (Å²) in [4.78, 5) is 40.5. The molecule has 6 nitrogen and oxygen atoms in total. The molecule has 0 atom stereocenters. The molecule has 140 valence electrons. The van der Waals surface area contributed by atoms with Gasteiger partial charge in [-0.25, -0.2) is 0 Å². The van der Waals surface area contributed by atoms with Gasteiger partial charge in [-0.1, -0.05) is 31.4 Å². The number of benzene rings is 1. The Labute approximate surface area is 158 Å². The maximum Gasteiger partial charge on any atom is 0.274 e.